The van der Waals surface area contributed by atoms with Crippen LogP contribution in [0.4, 0.5) is 11.4 Å². The Morgan fingerprint density at radius 2 is 1.24 bits per heavy atom. The second kappa shape index (κ2) is 11.9. The predicted octanol–water partition coefficient (Wildman–Crippen LogP) is 6.38. The first kappa shape index (κ1) is 24.1. The van der Waals surface area contributed by atoms with E-state index in [0.29, 0.717) is 18.2 Å². The average Bonchev–Trinajstić information content (AvgIpc) is 2.79. The summed E-state index contributed by atoms with van der Waals surface area (Å²) in [5.74, 6) is 0.907. The second-order valence-corrected chi connectivity index (χ2v) is 8.69. The van der Waals surface area contributed by atoms with Crippen LogP contribution >= 0.6 is 0 Å². The third-order valence-electron chi connectivity index (χ3n) is 5.32. The third kappa shape index (κ3) is 8.11. The van der Waals surface area contributed by atoms with Gasteiger partial charge in [-0.05, 0) is 59.4 Å². The number of carbonyl (C=O) groups is 2. The highest BCUT2D eigenvalue weighted by atomic mass is 16.5. The Balaban J connectivity index is 1.40. The van der Waals surface area contributed by atoms with Gasteiger partial charge < -0.3 is 15.4 Å². The first-order chi connectivity index (χ1) is 15.9. The predicted molar refractivity (Wildman–Crippen MR) is 133 cm³/mol. The van der Waals surface area contributed by atoms with Crippen LogP contribution < -0.4 is 15.4 Å². The summed E-state index contributed by atoms with van der Waals surface area (Å²) in [6, 6.07) is 25.1. The molecule has 3 aromatic carbocycles. The molecular formula is C28H32N2O3. The molecule has 172 valence electrons. The van der Waals surface area contributed by atoms with E-state index in [1.54, 1.807) is 0 Å². The Morgan fingerprint density at radius 3 is 1.76 bits per heavy atom. The summed E-state index contributed by atoms with van der Waals surface area (Å²) in [5, 5.41) is 5.79. The monoisotopic (exact) mass is 444 g/mol. The van der Waals surface area contributed by atoms with E-state index in [2.05, 4.69) is 24.5 Å². The SMILES string of the molecule is CC(C)c1ccc(NC(=O)C[C@@H](C)CC(=O)Nc2ccc(OCc3ccccc3)cc2)cc1. The van der Waals surface area contributed by atoms with E-state index >= 15 is 0 Å². The summed E-state index contributed by atoms with van der Waals surface area (Å²) in [4.78, 5) is 24.7. The highest BCUT2D eigenvalue weighted by molar-refractivity contribution is 5.93. The van der Waals surface area contributed by atoms with Crippen LogP contribution in [0.1, 0.15) is 50.7 Å². The Morgan fingerprint density at radius 1 is 0.727 bits per heavy atom. The maximum absolute atomic E-state index is 12.4. The number of nitrogens with one attached hydrogen (secondary N) is 2. The van der Waals surface area contributed by atoms with Crippen molar-refractivity contribution in [2.75, 3.05) is 10.6 Å². The Labute approximate surface area is 196 Å². The third-order valence-corrected chi connectivity index (χ3v) is 5.32. The molecule has 0 fully saturated rings. The van der Waals surface area contributed by atoms with Gasteiger partial charge in [0.2, 0.25) is 11.8 Å². The van der Waals surface area contributed by atoms with Gasteiger partial charge in [0, 0.05) is 24.2 Å². The molecule has 0 aromatic heterocycles. The van der Waals surface area contributed by atoms with Gasteiger partial charge in [0.1, 0.15) is 12.4 Å². The molecule has 0 radical (unpaired) electrons. The summed E-state index contributed by atoms with van der Waals surface area (Å²) >= 11 is 0. The minimum atomic E-state index is -0.116. The van der Waals surface area contributed by atoms with Crippen LogP contribution in [0.5, 0.6) is 5.75 Å². The Hall–Kier alpha value is -3.60. The van der Waals surface area contributed by atoms with Crippen molar-refractivity contribution < 1.29 is 14.3 Å². The fraction of sp³-hybridized carbons (Fsp3) is 0.286. The number of hydrogen-bond donors (Lipinski definition) is 2. The Bertz CT molecular complexity index is 1030. The molecule has 3 rings (SSSR count). The number of carbonyl (C=O) groups excluding carboxylic acids is 2. The molecular weight excluding hydrogens is 412 g/mol. The van der Waals surface area contributed by atoms with Crippen molar-refractivity contribution in [3.8, 4) is 5.75 Å². The highest BCUT2D eigenvalue weighted by Crippen LogP contribution is 2.20. The lowest BCUT2D eigenvalue weighted by atomic mass is 10.0. The lowest BCUT2D eigenvalue weighted by molar-refractivity contribution is -0.118. The van der Waals surface area contributed by atoms with Crippen molar-refractivity contribution in [1.82, 2.24) is 0 Å². The minimum absolute atomic E-state index is 0.0755. The first-order valence-corrected chi connectivity index (χ1v) is 11.4. The van der Waals surface area contributed by atoms with E-state index in [9.17, 15) is 9.59 Å². The molecule has 0 aliphatic heterocycles. The van der Waals surface area contributed by atoms with Crippen LogP contribution in [-0.2, 0) is 16.2 Å². The molecule has 0 aliphatic rings. The maximum atomic E-state index is 12.4. The van der Waals surface area contributed by atoms with Gasteiger partial charge in [0.05, 0.1) is 0 Å². The summed E-state index contributed by atoms with van der Waals surface area (Å²) in [6.45, 7) is 6.67. The quantitative estimate of drug-likeness (QED) is 0.381. The summed E-state index contributed by atoms with van der Waals surface area (Å²) < 4.78 is 5.77. The molecule has 2 amide bonds. The number of anilines is 2. The minimum Gasteiger partial charge on any atom is -0.489 e. The van der Waals surface area contributed by atoms with E-state index in [4.69, 9.17) is 4.74 Å². The van der Waals surface area contributed by atoms with Crippen molar-refractivity contribution in [1.29, 1.82) is 0 Å². The maximum Gasteiger partial charge on any atom is 0.224 e. The van der Waals surface area contributed by atoms with Crippen LogP contribution in [-0.4, -0.2) is 11.8 Å². The van der Waals surface area contributed by atoms with Gasteiger partial charge >= 0.3 is 0 Å². The largest absolute Gasteiger partial charge is 0.489 e. The fourth-order valence-electron chi connectivity index (χ4n) is 3.46. The van der Waals surface area contributed by atoms with Crippen molar-refractivity contribution in [3.05, 3.63) is 90.0 Å². The molecule has 0 heterocycles. The molecule has 33 heavy (non-hydrogen) atoms. The number of benzene rings is 3. The van der Waals surface area contributed by atoms with Gasteiger partial charge in [0.15, 0.2) is 0 Å². The van der Waals surface area contributed by atoms with Crippen LogP contribution in [0.25, 0.3) is 0 Å². The molecule has 0 unspecified atom stereocenters. The second-order valence-electron chi connectivity index (χ2n) is 8.69. The fourth-order valence-corrected chi connectivity index (χ4v) is 3.46. The first-order valence-electron chi connectivity index (χ1n) is 11.4. The van der Waals surface area contributed by atoms with Gasteiger partial charge in [-0.1, -0.05) is 63.2 Å². The lowest BCUT2D eigenvalue weighted by Crippen LogP contribution is -2.20. The smallest absolute Gasteiger partial charge is 0.224 e. The molecule has 3 aromatic rings. The molecule has 0 aliphatic carbocycles. The van der Waals surface area contributed by atoms with Crippen LogP contribution in [0.15, 0.2) is 78.9 Å². The molecule has 0 spiro atoms. The lowest BCUT2D eigenvalue weighted by Gasteiger charge is -2.13. The van der Waals surface area contributed by atoms with E-state index in [1.165, 1.54) is 5.56 Å². The van der Waals surface area contributed by atoms with Gasteiger partial charge in [-0.15, -0.1) is 0 Å². The van der Waals surface area contributed by atoms with E-state index in [1.807, 2.05) is 85.8 Å². The van der Waals surface area contributed by atoms with E-state index in [-0.39, 0.29) is 30.6 Å². The molecule has 5 nitrogen and oxygen atoms in total. The molecule has 2 N–H and O–H groups in total. The van der Waals surface area contributed by atoms with E-state index in [0.717, 1.165) is 17.0 Å². The zero-order valence-corrected chi connectivity index (χ0v) is 19.5. The van der Waals surface area contributed by atoms with Crippen LogP contribution in [0, 0.1) is 5.92 Å². The van der Waals surface area contributed by atoms with E-state index < -0.39 is 0 Å². The zero-order chi connectivity index (χ0) is 23.6. The van der Waals surface area contributed by atoms with Crippen molar-refractivity contribution in [3.63, 3.8) is 0 Å². The normalized spacial score (nSPS) is 11.6. The number of hydrogen-bond acceptors (Lipinski definition) is 3. The standard InChI is InChI=1S/C28H32N2O3/c1-20(2)23-9-11-24(12-10-23)29-27(31)17-21(3)18-28(32)30-25-13-15-26(16-14-25)33-19-22-7-5-4-6-8-22/h4-16,20-21H,17-19H2,1-3H3,(H,29,31)(H,30,32)/t21-/m1/s1. The molecule has 0 bridgehead atoms. The van der Waals surface area contributed by atoms with Gasteiger partial charge in [-0.3, -0.25) is 9.59 Å². The van der Waals surface area contributed by atoms with Gasteiger partial charge in [0.25, 0.3) is 0 Å². The molecule has 0 saturated carbocycles. The van der Waals surface area contributed by atoms with Crippen molar-refractivity contribution >= 4 is 23.2 Å². The highest BCUT2D eigenvalue weighted by Gasteiger charge is 2.14. The number of amides is 2. The summed E-state index contributed by atoms with van der Waals surface area (Å²) in [6.07, 6.45) is 0.553. The topological polar surface area (TPSA) is 67.4 Å². The number of ether oxygens (including phenoxy) is 1. The van der Waals surface area contributed by atoms with Crippen molar-refractivity contribution in [2.45, 2.75) is 46.1 Å². The number of rotatable bonds is 10. The van der Waals surface area contributed by atoms with Gasteiger partial charge in [-0.2, -0.15) is 0 Å². The zero-order valence-electron chi connectivity index (χ0n) is 19.5. The average molecular weight is 445 g/mol. The van der Waals surface area contributed by atoms with Crippen LogP contribution in [0.3, 0.4) is 0 Å². The molecule has 5 heteroatoms. The Kier molecular flexibility index (Phi) is 8.64. The van der Waals surface area contributed by atoms with Crippen LogP contribution in [0.2, 0.25) is 0 Å². The summed E-state index contributed by atoms with van der Waals surface area (Å²) in [5.41, 5.74) is 3.80. The van der Waals surface area contributed by atoms with Crippen molar-refractivity contribution in [2.24, 2.45) is 5.92 Å². The molecule has 1 atom stereocenters. The van der Waals surface area contributed by atoms with Gasteiger partial charge in [-0.25, -0.2) is 0 Å². The summed E-state index contributed by atoms with van der Waals surface area (Å²) in [7, 11) is 0. The molecule has 0 saturated heterocycles.